The zero-order valence-corrected chi connectivity index (χ0v) is 14.1. The van der Waals surface area contributed by atoms with Crippen molar-refractivity contribution >= 4 is 11.0 Å². The van der Waals surface area contributed by atoms with Gasteiger partial charge in [-0.3, -0.25) is 0 Å². The molecule has 0 atom stereocenters. The Balaban J connectivity index is 1.63. The van der Waals surface area contributed by atoms with E-state index in [0.717, 1.165) is 11.1 Å². The monoisotopic (exact) mass is 350 g/mol. The SMILES string of the molecule is Cc1coc2c(-c3ccc(OCc4ccccc4)cc3)cc(F)c(F)c12. The van der Waals surface area contributed by atoms with Crippen LogP contribution in [0.2, 0.25) is 0 Å². The molecule has 130 valence electrons. The van der Waals surface area contributed by atoms with E-state index in [2.05, 4.69) is 0 Å². The summed E-state index contributed by atoms with van der Waals surface area (Å²) in [7, 11) is 0. The second kappa shape index (κ2) is 6.64. The first-order chi connectivity index (χ1) is 12.6. The van der Waals surface area contributed by atoms with Gasteiger partial charge in [0.05, 0.1) is 11.6 Å². The molecule has 0 unspecified atom stereocenters. The lowest BCUT2D eigenvalue weighted by atomic mass is 10.0. The van der Waals surface area contributed by atoms with Crippen LogP contribution >= 0.6 is 0 Å². The first kappa shape index (κ1) is 16.3. The smallest absolute Gasteiger partial charge is 0.170 e. The molecule has 4 rings (SSSR count). The van der Waals surface area contributed by atoms with E-state index in [-0.39, 0.29) is 5.39 Å². The van der Waals surface area contributed by atoms with Crippen LogP contribution in [0.4, 0.5) is 8.78 Å². The molecule has 0 aliphatic rings. The number of aryl methyl sites for hydroxylation is 1. The van der Waals surface area contributed by atoms with Crippen LogP contribution in [0.15, 0.2) is 71.3 Å². The number of rotatable bonds is 4. The van der Waals surface area contributed by atoms with Gasteiger partial charge in [-0.05, 0) is 41.8 Å². The number of hydrogen-bond donors (Lipinski definition) is 0. The van der Waals surface area contributed by atoms with E-state index < -0.39 is 11.6 Å². The van der Waals surface area contributed by atoms with Gasteiger partial charge in [-0.2, -0.15) is 0 Å². The van der Waals surface area contributed by atoms with Crippen molar-refractivity contribution in [3.8, 4) is 16.9 Å². The number of benzene rings is 3. The Hall–Kier alpha value is -3.14. The maximum Gasteiger partial charge on any atom is 0.170 e. The van der Waals surface area contributed by atoms with Gasteiger partial charge in [-0.15, -0.1) is 0 Å². The Labute approximate surface area is 149 Å². The van der Waals surface area contributed by atoms with Crippen LogP contribution in [0.5, 0.6) is 5.75 Å². The van der Waals surface area contributed by atoms with Gasteiger partial charge in [-0.1, -0.05) is 42.5 Å². The molecule has 26 heavy (non-hydrogen) atoms. The Morgan fingerprint density at radius 2 is 1.69 bits per heavy atom. The summed E-state index contributed by atoms with van der Waals surface area (Å²) in [6.07, 6.45) is 1.44. The molecular weight excluding hydrogens is 334 g/mol. The Morgan fingerprint density at radius 3 is 2.42 bits per heavy atom. The standard InChI is InChI=1S/C22H16F2O2/c1-14-12-26-22-18(11-19(23)21(24)20(14)22)16-7-9-17(10-8-16)25-13-15-5-3-2-4-6-15/h2-12H,13H2,1H3. The van der Waals surface area contributed by atoms with Crippen molar-refractivity contribution in [3.63, 3.8) is 0 Å². The topological polar surface area (TPSA) is 22.4 Å². The maximum absolute atomic E-state index is 14.1. The molecule has 4 heteroatoms. The van der Waals surface area contributed by atoms with Crippen molar-refractivity contribution in [1.29, 1.82) is 0 Å². The summed E-state index contributed by atoms with van der Waals surface area (Å²) in [6.45, 7) is 2.16. The summed E-state index contributed by atoms with van der Waals surface area (Å²) in [4.78, 5) is 0. The molecule has 1 heterocycles. The van der Waals surface area contributed by atoms with Crippen LogP contribution in [-0.4, -0.2) is 0 Å². The number of ether oxygens (including phenoxy) is 1. The van der Waals surface area contributed by atoms with E-state index >= 15 is 0 Å². The lowest BCUT2D eigenvalue weighted by Gasteiger charge is -2.09. The Morgan fingerprint density at radius 1 is 0.962 bits per heavy atom. The summed E-state index contributed by atoms with van der Waals surface area (Å²) in [5, 5.41) is 0.185. The van der Waals surface area contributed by atoms with Crippen LogP contribution in [0.3, 0.4) is 0 Å². The van der Waals surface area contributed by atoms with Gasteiger partial charge in [0.1, 0.15) is 17.9 Å². The van der Waals surface area contributed by atoms with Gasteiger partial charge >= 0.3 is 0 Å². The highest BCUT2D eigenvalue weighted by Gasteiger charge is 2.18. The van der Waals surface area contributed by atoms with E-state index in [4.69, 9.17) is 9.15 Å². The van der Waals surface area contributed by atoms with Crippen molar-refractivity contribution in [1.82, 2.24) is 0 Å². The molecule has 0 saturated heterocycles. The zero-order valence-electron chi connectivity index (χ0n) is 14.1. The van der Waals surface area contributed by atoms with Crippen LogP contribution in [0.1, 0.15) is 11.1 Å². The fraction of sp³-hybridized carbons (Fsp3) is 0.0909. The molecule has 0 aliphatic heterocycles. The van der Waals surface area contributed by atoms with Crippen LogP contribution in [0.25, 0.3) is 22.1 Å². The van der Waals surface area contributed by atoms with Crippen molar-refractivity contribution in [2.45, 2.75) is 13.5 Å². The zero-order chi connectivity index (χ0) is 18.1. The van der Waals surface area contributed by atoms with Crippen LogP contribution < -0.4 is 4.74 Å². The number of fused-ring (bicyclic) bond motifs is 1. The van der Waals surface area contributed by atoms with Crippen molar-refractivity contribution in [2.24, 2.45) is 0 Å². The Bertz CT molecular complexity index is 1050. The minimum Gasteiger partial charge on any atom is -0.489 e. The fourth-order valence-electron chi connectivity index (χ4n) is 2.98. The van der Waals surface area contributed by atoms with Gasteiger partial charge in [-0.25, -0.2) is 8.78 Å². The van der Waals surface area contributed by atoms with Gasteiger partial charge in [0.2, 0.25) is 0 Å². The second-order valence-corrected chi connectivity index (χ2v) is 6.14. The molecule has 3 aromatic carbocycles. The van der Waals surface area contributed by atoms with Crippen LogP contribution in [-0.2, 0) is 6.61 Å². The minimum absolute atomic E-state index is 0.185. The highest BCUT2D eigenvalue weighted by Crippen LogP contribution is 2.35. The highest BCUT2D eigenvalue weighted by molar-refractivity contribution is 5.94. The molecule has 0 N–H and O–H groups in total. The molecule has 0 bridgehead atoms. The van der Waals surface area contributed by atoms with Crippen molar-refractivity contribution < 1.29 is 17.9 Å². The highest BCUT2D eigenvalue weighted by atomic mass is 19.2. The lowest BCUT2D eigenvalue weighted by Crippen LogP contribution is -1.95. The number of hydrogen-bond acceptors (Lipinski definition) is 2. The summed E-state index contributed by atoms with van der Waals surface area (Å²) in [5.74, 6) is -1.06. The molecule has 2 nitrogen and oxygen atoms in total. The third kappa shape index (κ3) is 2.94. The predicted molar refractivity (Wildman–Crippen MR) is 97.1 cm³/mol. The van der Waals surface area contributed by atoms with Gasteiger partial charge in [0.25, 0.3) is 0 Å². The van der Waals surface area contributed by atoms with E-state index in [1.807, 2.05) is 42.5 Å². The van der Waals surface area contributed by atoms with E-state index in [9.17, 15) is 8.78 Å². The second-order valence-electron chi connectivity index (χ2n) is 6.14. The number of halogens is 2. The van der Waals surface area contributed by atoms with Crippen LogP contribution in [0, 0.1) is 18.6 Å². The summed E-state index contributed by atoms with van der Waals surface area (Å²) >= 11 is 0. The molecular formula is C22H16F2O2. The van der Waals surface area contributed by atoms with Gasteiger partial charge in [0.15, 0.2) is 11.6 Å². The van der Waals surface area contributed by atoms with Gasteiger partial charge < -0.3 is 9.15 Å². The quantitative estimate of drug-likeness (QED) is 0.433. The molecule has 0 saturated carbocycles. The van der Waals surface area contributed by atoms with E-state index in [0.29, 0.717) is 29.1 Å². The largest absolute Gasteiger partial charge is 0.489 e. The van der Waals surface area contributed by atoms with E-state index in [1.54, 1.807) is 19.1 Å². The lowest BCUT2D eigenvalue weighted by molar-refractivity contribution is 0.306. The van der Waals surface area contributed by atoms with Crippen molar-refractivity contribution in [2.75, 3.05) is 0 Å². The minimum atomic E-state index is -0.888. The normalized spacial score (nSPS) is 11.0. The molecule has 0 amide bonds. The molecule has 0 spiro atoms. The summed E-state index contributed by atoms with van der Waals surface area (Å²) < 4.78 is 39.3. The summed E-state index contributed by atoms with van der Waals surface area (Å²) in [6, 6.07) is 18.3. The molecule has 1 aromatic heterocycles. The first-order valence-electron chi connectivity index (χ1n) is 8.26. The number of furan rings is 1. The molecule has 0 radical (unpaired) electrons. The molecule has 0 fully saturated rings. The molecule has 0 aliphatic carbocycles. The summed E-state index contributed by atoms with van der Waals surface area (Å²) in [5.41, 5.74) is 3.24. The average Bonchev–Trinajstić information content (AvgIpc) is 3.06. The maximum atomic E-state index is 14.1. The van der Waals surface area contributed by atoms with Crippen molar-refractivity contribution in [3.05, 3.63) is 89.7 Å². The third-order valence-corrected chi connectivity index (χ3v) is 4.33. The average molecular weight is 350 g/mol. The first-order valence-corrected chi connectivity index (χ1v) is 8.26. The van der Waals surface area contributed by atoms with E-state index in [1.165, 1.54) is 12.3 Å². The predicted octanol–water partition coefficient (Wildman–Crippen LogP) is 6.27. The third-order valence-electron chi connectivity index (χ3n) is 4.33. The van der Waals surface area contributed by atoms with Gasteiger partial charge in [0, 0.05) is 5.56 Å². The molecule has 4 aromatic rings. The fourth-order valence-corrected chi connectivity index (χ4v) is 2.98. The Kier molecular flexibility index (Phi) is 4.17.